The molecule has 0 aliphatic carbocycles. The summed E-state index contributed by atoms with van der Waals surface area (Å²) in [5.74, 6) is 0. The van der Waals surface area contributed by atoms with Crippen LogP contribution in [0.15, 0.2) is 4.99 Å². The molecule has 0 aromatic heterocycles. The first-order chi connectivity index (χ1) is 2.91. The van der Waals surface area contributed by atoms with Gasteiger partial charge >= 0.3 is 0 Å². The van der Waals surface area contributed by atoms with Crippen LogP contribution in [0.5, 0.6) is 0 Å². The summed E-state index contributed by atoms with van der Waals surface area (Å²) >= 11 is 0. The first-order valence-electron chi connectivity index (χ1n) is 1.87. The van der Waals surface area contributed by atoms with Crippen molar-refractivity contribution < 1.29 is 4.79 Å². The van der Waals surface area contributed by atoms with Crippen molar-refractivity contribution in [2.45, 2.75) is 13.8 Å². The van der Waals surface area contributed by atoms with E-state index >= 15 is 0 Å². The fourth-order valence-corrected chi connectivity index (χ4v) is 0. The predicted molar refractivity (Wildman–Crippen MR) is 25.4 cm³/mol. The van der Waals surface area contributed by atoms with E-state index in [9.17, 15) is 0 Å². The summed E-state index contributed by atoms with van der Waals surface area (Å²) in [4.78, 5) is 11.8. The molecule has 0 aromatic rings. The minimum absolute atomic E-state index is 1.31. The van der Waals surface area contributed by atoms with E-state index in [4.69, 9.17) is 4.79 Å². The second kappa shape index (κ2) is 26.3. The first kappa shape index (κ1) is 9.03. The SMILES string of the molecule is CC.CN=C=O. The largest absolute Gasteiger partial charge is 0.234 e. The molecule has 0 rings (SSSR count). The maximum Gasteiger partial charge on any atom is 0.234 e. The summed E-state index contributed by atoms with van der Waals surface area (Å²) in [5, 5.41) is 0. The molecule has 0 bridgehead atoms. The van der Waals surface area contributed by atoms with Gasteiger partial charge in [0.2, 0.25) is 6.08 Å². The Morgan fingerprint density at radius 1 is 1.50 bits per heavy atom. The lowest BCUT2D eigenvalue weighted by Crippen LogP contribution is -1.38. The highest BCUT2D eigenvalue weighted by atomic mass is 16.1. The monoisotopic (exact) mass is 87.1 g/mol. The summed E-state index contributed by atoms with van der Waals surface area (Å²) < 4.78 is 0. The van der Waals surface area contributed by atoms with E-state index in [0.717, 1.165) is 0 Å². The van der Waals surface area contributed by atoms with E-state index in [1.807, 2.05) is 13.8 Å². The van der Waals surface area contributed by atoms with Crippen LogP contribution in [0.4, 0.5) is 0 Å². The average molecular weight is 87.1 g/mol. The minimum Gasteiger partial charge on any atom is -0.211 e. The predicted octanol–water partition coefficient (Wildman–Crippen LogP) is 0.978. The Hall–Kier alpha value is -0.620. The summed E-state index contributed by atoms with van der Waals surface area (Å²) in [5.41, 5.74) is 0. The van der Waals surface area contributed by atoms with Crippen LogP contribution < -0.4 is 0 Å². The van der Waals surface area contributed by atoms with E-state index < -0.39 is 0 Å². The molecule has 0 aliphatic heterocycles. The van der Waals surface area contributed by atoms with E-state index in [1.165, 1.54) is 13.1 Å². The van der Waals surface area contributed by atoms with E-state index in [-0.39, 0.29) is 0 Å². The summed E-state index contributed by atoms with van der Waals surface area (Å²) in [6.07, 6.45) is 1.31. The molecular weight excluding hydrogens is 78.0 g/mol. The van der Waals surface area contributed by atoms with Gasteiger partial charge < -0.3 is 0 Å². The fourth-order valence-electron chi connectivity index (χ4n) is 0. The standard InChI is InChI=1S/C2H3NO.C2H6/c1-3-2-4;1-2/h1H3;1-2H3. The Kier molecular flexibility index (Phi) is 39.6. The van der Waals surface area contributed by atoms with Crippen LogP contribution in [-0.2, 0) is 4.79 Å². The molecule has 0 saturated carbocycles. The molecule has 0 atom stereocenters. The molecule has 2 heteroatoms. The number of carbonyl (C=O) groups excluding carboxylic acids is 1. The lowest BCUT2D eigenvalue weighted by Gasteiger charge is -1.36. The molecule has 2 nitrogen and oxygen atoms in total. The molecular formula is C4H9NO. The maximum absolute atomic E-state index is 8.88. The number of hydrogen-bond acceptors (Lipinski definition) is 2. The molecule has 0 saturated heterocycles. The van der Waals surface area contributed by atoms with Gasteiger partial charge in [0.1, 0.15) is 0 Å². The Balaban J connectivity index is 0. The van der Waals surface area contributed by atoms with Crippen LogP contribution in [0.25, 0.3) is 0 Å². The summed E-state index contributed by atoms with van der Waals surface area (Å²) in [6.45, 7) is 4.00. The van der Waals surface area contributed by atoms with E-state index in [0.29, 0.717) is 0 Å². The van der Waals surface area contributed by atoms with Crippen LogP contribution in [0, 0.1) is 0 Å². The van der Waals surface area contributed by atoms with Crippen molar-refractivity contribution in [3.05, 3.63) is 0 Å². The third-order valence-corrected chi connectivity index (χ3v) is 0.0913. The van der Waals surface area contributed by atoms with Crippen LogP contribution in [0.2, 0.25) is 0 Å². The molecule has 0 N–H and O–H groups in total. The molecule has 0 aliphatic rings. The Bertz CT molecular complexity index is 45.5. The van der Waals surface area contributed by atoms with Gasteiger partial charge in [-0.15, -0.1) is 0 Å². The highest BCUT2D eigenvalue weighted by Crippen LogP contribution is 1.28. The van der Waals surface area contributed by atoms with Crippen LogP contribution in [0.1, 0.15) is 13.8 Å². The number of nitrogens with zero attached hydrogens (tertiary/aromatic N) is 1. The molecule has 0 heterocycles. The minimum atomic E-state index is 1.31. The Morgan fingerprint density at radius 2 is 1.67 bits per heavy atom. The van der Waals surface area contributed by atoms with Crippen molar-refractivity contribution in [1.29, 1.82) is 0 Å². The average Bonchev–Trinajstić information content (AvgIpc) is 1.72. The van der Waals surface area contributed by atoms with Gasteiger partial charge in [0, 0.05) is 7.05 Å². The van der Waals surface area contributed by atoms with Gasteiger partial charge in [-0.25, -0.2) is 9.79 Å². The molecule has 0 radical (unpaired) electrons. The number of rotatable bonds is 0. The van der Waals surface area contributed by atoms with Gasteiger partial charge in [-0.2, -0.15) is 0 Å². The van der Waals surface area contributed by atoms with E-state index in [2.05, 4.69) is 4.99 Å². The fraction of sp³-hybridized carbons (Fsp3) is 0.750. The van der Waals surface area contributed by atoms with Gasteiger partial charge in [-0.3, -0.25) is 0 Å². The van der Waals surface area contributed by atoms with Crippen molar-refractivity contribution >= 4 is 6.08 Å². The topological polar surface area (TPSA) is 29.4 Å². The lowest BCUT2D eigenvalue weighted by molar-refractivity contribution is 0.564. The Morgan fingerprint density at radius 3 is 1.67 bits per heavy atom. The molecule has 0 aromatic carbocycles. The van der Waals surface area contributed by atoms with Gasteiger partial charge in [0.25, 0.3) is 0 Å². The molecule has 0 amide bonds. The summed E-state index contributed by atoms with van der Waals surface area (Å²) in [6, 6.07) is 0. The molecule has 0 unspecified atom stereocenters. The van der Waals surface area contributed by atoms with Gasteiger partial charge in [0.05, 0.1) is 0 Å². The summed E-state index contributed by atoms with van der Waals surface area (Å²) in [7, 11) is 1.38. The van der Waals surface area contributed by atoms with Crippen LogP contribution in [0.3, 0.4) is 0 Å². The number of hydrogen-bond donors (Lipinski definition) is 0. The van der Waals surface area contributed by atoms with Crippen molar-refractivity contribution in [2.24, 2.45) is 4.99 Å². The molecule has 0 spiro atoms. The van der Waals surface area contributed by atoms with Crippen molar-refractivity contribution in [3.8, 4) is 0 Å². The van der Waals surface area contributed by atoms with Crippen molar-refractivity contribution in [2.75, 3.05) is 7.05 Å². The Labute approximate surface area is 37.9 Å². The van der Waals surface area contributed by atoms with Gasteiger partial charge in [0.15, 0.2) is 0 Å². The number of aliphatic imine (C=N–C) groups is 1. The smallest absolute Gasteiger partial charge is 0.211 e. The highest BCUT2D eigenvalue weighted by molar-refractivity contribution is 5.32. The quantitative estimate of drug-likeness (QED) is 0.320. The first-order valence-corrected chi connectivity index (χ1v) is 1.87. The van der Waals surface area contributed by atoms with Gasteiger partial charge in [-0.1, -0.05) is 13.8 Å². The maximum atomic E-state index is 8.88. The van der Waals surface area contributed by atoms with Crippen LogP contribution >= 0.6 is 0 Å². The molecule has 6 heavy (non-hydrogen) atoms. The van der Waals surface area contributed by atoms with Crippen molar-refractivity contribution in [3.63, 3.8) is 0 Å². The zero-order chi connectivity index (χ0) is 5.41. The van der Waals surface area contributed by atoms with Crippen molar-refractivity contribution in [1.82, 2.24) is 0 Å². The highest BCUT2D eigenvalue weighted by Gasteiger charge is 1.29. The lowest BCUT2D eigenvalue weighted by atomic mass is 11.0. The second-order valence-electron chi connectivity index (χ2n) is 0.315. The molecule has 36 valence electrons. The third-order valence-electron chi connectivity index (χ3n) is 0.0913. The molecule has 0 fully saturated rings. The number of isocyanates is 1. The zero-order valence-electron chi connectivity index (χ0n) is 4.36. The zero-order valence-corrected chi connectivity index (χ0v) is 4.36. The van der Waals surface area contributed by atoms with Crippen LogP contribution in [-0.4, -0.2) is 13.1 Å². The van der Waals surface area contributed by atoms with E-state index in [1.54, 1.807) is 0 Å². The normalized spacial score (nSPS) is 3.83. The van der Waals surface area contributed by atoms with Gasteiger partial charge in [-0.05, 0) is 0 Å². The third kappa shape index (κ3) is 133. The second-order valence-corrected chi connectivity index (χ2v) is 0.315.